The molecule has 0 aromatic rings. The number of amides is 1. The predicted molar refractivity (Wildman–Crippen MR) is 91.1 cm³/mol. The topological polar surface area (TPSA) is 102 Å². The molecule has 27 heavy (non-hydrogen) atoms. The fourth-order valence-corrected chi connectivity index (χ4v) is 2.76. The molecule has 0 saturated carbocycles. The standard InChI is InChI=1S/C18H22FNO7/c1-10(2)26-14-6-4-5-12(19)9-13(14)20-7-8-25-15(17(20)22)16(18(23)24)27-11(3)21/h4-6,9-10,14-16H,7-8H2,1-3H3,(H,23,24). The van der Waals surface area contributed by atoms with Crippen LogP contribution in [0.3, 0.4) is 0 Å². The smallest absolute Gasteiger partial charge is 0.348 e. The van der Waals surface area contributed by atoms with Crippen LogP contribution in [-0.4, -0.2) is 65.4 Å². The van der Waals surface area contributed by atoms with E-state index in [4.69, 9.17) is 14.2 Å². The summed E-state index contributed by atoms with van der Waals surface area (Å²) in [6.45, 7) is 4.69. The van der Waals surface area contributed by atoms with Crippen LogP contribution in [0.2, 0.25) is 0 Å². The lowest BCUT2D eigenvalue weighted by Crippen LogP contribution is -2.56. The molecule has 1 heterocycles. The number of hydrogen-bond donors (Lipinski definition) is 1. The summed E-state index contributed by atoms with van der Waals surface area (Å²) < 4.78 is 29.7. The van der Waals surface area contributed by atoms with Crippen LogP contribution in [0.1, 0.15) is 20.8 Å². The second-order valence-electron chi connectivity index (χ2n) is 6.26. The highest BCUT2D eigenvalue weighted by Gasteiger charge is 2.44. The van der Waals surface area contributed by atoms with E-state index in [-0.39, 0.29) is 25.0 Å². The number of carbonyl (C=O) groups excluding carboxylic acids is 2. The zero-order valence-electron chi connectivity index (χ0n) is 15.3. The summed E-state index contributed by atoms with van der Waals surface area (Å²) in [6.07, 6.45) is 1.20. The first kappa shape index (κ1) is 20.8. The van der Waals surface area contributed by atoms with Gasteiger partial charge in [-0.2, -0.15) is 0 Å². The van der Waals surface area contributed by atoms with E-state index in [1.165, 1.54) is 17.1 Å². The monoisotopic (exact) mass is 383 g/mol. The number of esters is 1. The molecule has 0 aromatic carbocycles. The van der Waals surface area contributed by atoms with Crippen LogP contribution in [0, 0.1) is 0 Å². The van der Waals surface area contributed by atoms with Gasteiger partial charge in [0.15, 0.2) is 6.10 Å². The van der Waals surface area contributed by atoms with Crippen molar-refractivity contribution in [2.24, 2.45) is 0 Å². The molecule has 2 aliphatic rings. The van der Waals surface area contributed by atoms with Crippen LogP contribution in [0.4, 0.5) is 4.39 Å². The molecule has 0 spiro atoms. The fraction of sp³-hybridized carbons (Fsp3) is 0.500. The van der Waals surface area contributed by atoms with Crippen LogP contribution in [0.25, 0.3) is 0 Å². The van der Waals surface area contributed by atoms with Gasteiger partial charge in [0.25, 0.3) is 5.91 Å². The lowest BCUT2D eigenvalue weighted by atomic mass is 10.1. The summed E-state index contributed by atoms with van der Waals surface area (Å²) in [5, 5.41) is 9.30. The average Bonchev–Trinajstić information content (AvgIpc) is 2.74. The third kappa shape index (κ3) is 5.24. The second kappa shape index (κ2) is 8.92. The Kier molecular flexibility index (Phi) is 6.86. The van der Waals surface area contributed by atoms with Gasteiger partial charge < -0.3 is 24.2 Å². The minimum atomic E-state index is -1.80. The third-order valence-electron chi connectivity index (χ3n) is 3.78. The molecule has 1 saturated heterocycles. The Hall–Kier alpha value is -2.52. The highest BCUT2D eigenvalue weighted by atomic mass is 19.1. The van der Waals surface area contributed by atoms with Crippen LogP contribution >= 0.6 is 0 Å². The maximum Gasteiger partial charge on any atom is 0.348 e. The van der Waals surface area contributed by atoms with Gasteiger partial charge >= 0.3 is 11.9 Å². The zero-order valence-corrected chi connectivity index (χ0v) is 15.3. The van der Waals surface area contributed by atoms with Crippen molar-refractivity contribution in [2.75, 3.05) is 13.2 Å². The average molecular weight is 383 g/mol. The molecular weight excluding hydrogens is 361 g/mol. The molecule has 0 radical (unpaired) electrons. The van der Waals surface area contributed by atoms with Gasteiger partial charge in [0, 0.05) is 13.5 Å². The van der Waals surface area contributed by atoms with Gasteiger partial charge in [-0.05, 0) is 32.1 Å². The molecule has 148 valence electrons. The molecule has 1 amide bonds. The van der Waals surface area contributed by atoms with E-state index in [1.807, 2.05) is 0 Å². The van der Waals surface area contributed by atoms with E-state index in [9.17, 15) is 23.9 Å². The van der Waals surface area contributed by atoms with E-state index < -0.39 is 42.0 Å². The van der Waals surface area contributed by atoms with Gasteiger partial charge in [-0.1, -0.05) is 6.08 Å². The van der Waals surface area contributed by atoms with Gasteiger partial charge in [-0.3, -0.25) is 9.59 Å². The van der Waals surface area contributed by atoms with Crippen molar-refractivity contribution in [3.8, 4) is 0 Å². The molecule has 8 nitrogen and oxygen atoms in total. The number of rotatable bonds is 6. The van der Waals surface area contributed by atoms with Crippen molar-refractivity contribution in [2.45, 2.75) is 45.2 Å². The van der Waals surface area contributed by atoms with Gasteiger partial charge in [0.2, 0.25) is 6.10 Å². The van der Waals surface area contributed by atoms with E-state index >= 15 is 0 Å². The molecular formula is C18H22FNO7. The normalized spacial score (nSPS) is 24.2. The minimum absolute atomic E-state index is 0.0117. The number of allylic oxidation sites excluding steroid dienone is 4. The lowest BCUT2D eigenvalue weighted by molar-refractivity contribution is -0.184. The molecule has 9 heteroatoms. The number of ether oxygens (including phenoxy) is 3. The molecule has 0 bridgehead atoms. The number of nitrogens with zero attached hydrogens (tertiary/aromatic N) is 1. The van der Waals surface area contributed by atoms with E-state index in [0.29, 0.717) is 0 Å². The summed E-state index contributed by atoms with van der Waals surface area (Å²) in [5.41, 5.74) is 0.219. The Morgan fingerprint density at radius 2 is 2.11 bits per heavy atom. The first-order valence-corrected chi connectivity index (χ1v) is 8.44. The van der Waals surface area contributed by atoms with E-state index in [1.54, 1.807) is 19.9 Å². The maximum atomic E-state index is 14.0. The Balaban J connectivity index is 2.33. The summed E-state index contributed by atoms with van der Waals surface area (Å²) >= 11 is 0. The van der Waals surface area contributed by atoms with Crippen molar-refractivity contribution in [3.63, 3.8) is 0 Å². The summed E-state index contributed by atoms with van der Waals surface area (Å²) in [4.78, 5) is 36.7. The summed E-state index contributed by atoms with van der Waals surface area (Å²) in [5.74, 6) is -3.70. The fourth-order valence-electron chi connectivity index (χ4n) is 2.76. The number of carboxylic acids is 1. The maximum absolute atomic E-state index is 14.0. The number of aliphatic carboxylic acids is 1. The molecule has 1 aliphatic carbocycles. The van der Waals surface area contributed by atoms with Gasteiger partial charge in [-0.15, -0.1) is 0 Å². The van der Waals surface area contributed by atoms with Crippen LogP contribution < -0.4 is 0 Å². The van der Waals surface area contributed by atoms with E-state index in [2.05, 4.69) is 0 Å². The van der Waals surface area contributed by atoms with Crippen molar-refractivity contribution < 1.29 is 38.1 Å². The molecule has 1 fully saturated rings. The van der Waals surface area contributed by atoms with Gasteiger partial charge in [0.05, 0.1) is 18.4 Å². The number of halogens is 1. The Morgan fingerprint density at radius 1 is 1.41 bits per heavy atom. The second-order valence-corrected chi connectivity index (χ2v) is 6.26. The summed E-state index contributed by atoms with van der Waals surface area (Å²) in [7, 11) is 0. The van der Waals surface area contributed by atoms with Crippen LogP contribution in [-0.2, 0) is 28.6 Å². The molecule has 1 aliphatic heterocycles. The van der Waals surface area contributed by atoms with Crippen molar-refractivity contribution in [1.82, 2.24) is 4.90 Å². The summed E-state index contributed by atoms with van der Waals surface area (Å²) in [6, 6.07) is 0. The largest absolute Gasteiger partial charge is 0.478 e. The highest BCUT2D eigenvalue weighted by molar-refractivity contribution is 5.91. The quantitative estimate of drug-likeness (QED) is 0.690. The van der Waals surface area contributed by atoms with Crippen LogP contribution in [0.5, 0.6) is 0 Å². The zero-order chi connectivity index (χ0) is 20.1. The number of carboxylic acid groups (broad SMARTS) is 1. The molecule has 0 aromatic heterocycles. The minimum Gasteiger partial charge on any atom is -0.478 e. The highest BCUT2D eigenvalue weighted by Crippen LogP contribution is 2.26. The molecule has 2 rings (SSSR count). The van der Waals surface area contributed by atoms with Crippen molar-refractivity contribution in [1.29, 1.82) is 0 Å². The Labute approximate surface area is 155 Å². The van der Waals surface area contributed by atoms with E-state index in [0.717, 1.165) is 13.0 Å². The Bertz CT molecular complexity index is 698. The molecule has 1 N–H and O–H groups in total. The third-order valence-corrected chi connectivity index (χ3v) is 3.78. The Morgan fingerprint density at radius 3 is 2.70 bits per heavy atom. The molecule has 3 atom stereocenters. The predicted octanol–water partition coefficient (Wildman–Crippen LogP) is 1.33. The SMILES string of the molecule is CC(=O)OC(C(=O)O)C1OCCN(C2=CC(F)=CC=CC2OC(C)C)C1=O. The van der Waals surface area contributed by atoms with Gasteiger partial charge in [-0.25, -0.2) is 9.18 Å². The van der Waals surface area contributed by atoms with Gasteiger partial charge in [0.1, 0.15) is 11.9 Å². The number of carbonyl (C=O) groups is 3. The van der Waals surface area contributed by atoms with Crippen LogP contribution in [0.15, 0.2) is 35.8 Å². The lowest BCUT2D eigenvalue weighted by Gasteiger charge is -2.37. The number of morpholine rings is 1. The first-order chi connectivity index (χ1) is 12.7. The first-order valence-electron chi connectivity index (χ1n) is 8.44. The van der Waals surface area contributed by atoms with Crippen molar-refractivity contribution >= 4 is 17.8 Å². The number of hydrogen-bond acceptors (Lipinski definition) is 6. The van der Waals surface area contributed by atoms with Crippen molar-refractivity contribution in [3.05, 3.63) is 35.8 Å². The molecule has 3 unspecified atom stereocenters.